The van der Waals surface area contributed by atoms with Gasteiger partial charge < -0.3 is 14.2 Å². The van der Waals surface area contributed by atoms with E-state index in [4.69, 9.17) is 9.47 Å². The van der Waals surface area contributed by atoms with Crippen molar-refractivity contribution >= 4 is 11.9 Å². The third-order valence-corrected chi connectivity index (χ3v) is 4.67. The lowest BCUT2D eigenvalue weighted by Gasteiger charge is -2.15. The fourth-order valence-corrected chi connectivity index (χ4v) is 3.05. The monoisotopic (exact) mass is 480 g/mol. The Morgan fingerprint density at radius 3 is 1.89 bits per heavy atom. The lowest BCUT2D eigenvalue weighted by Crippen LogP contribution is -2.07. The Kier molecular flexibility index (Phi) is 7.88. The molecule has 0 bridgehead atoms. The lowest BCUT2D eigenvalue weighted by molar-refractivity contribution is -0.137. The van der Waals surface area contributed by atoms with Crippen LogP contribution < -0.4 is 9.47 Å². The van der Waals surface area contributed by atoms with E-state index in [-0.39, 0.29) is 11.3 Å². The van der Waals surface area contributed by atoms with E-state index < -0.39 is 23.7 Å². The number of carbonyl (C=O) groups is 2. The zero-order chi connectivity index (χ0) is 25.4. The number of esters is 2. The van der Waals surface area contributed by atoms with Crippen molar-refractivity contribution in [1.29, 1.82) is 0 Å². The van der Waals surface area contributed by atoms with Crippen LogP contribution in [0.3, 0.4) is 0 Å². The number of hydrogen-bond acceptors (Lipinski definition) is 5. The molecule has 0 spiro atoms. The van der Waals surface area contributed by atoms with Crippen LogP contribution in [0.4, 0.5) is 13.2 Å². The summed E-state index contributed by atoms with van der Waals surface area (Å²) in [7, 11) is 0. The molecule has 5 nitrogen and oxygen atoms in total. The van der Waals surface area contributed by atoms with E-state index in [2.05, 4.69) is 17.9 Å². The molecule has 0 saturated heterocycles. The van der Waals surface area contributed by atoms with Crippen LogP contribution in [0.5, 0.6) is 11.5 Å². The molecule has 35 heavy (non-hydrogen) atoms. The van der Waals surface area contributed by atoms with Crippen LogP contribution in [0, 0.1) is 0 Å². The minimum absolute atomic E-state index is 0.0120. The average Bonchev–Trinajstić information content (AvgIpc) is 2.86. The topological polar surface area (TPSA) is 61.8 Å². The second kappa shape index (κ2) is 11.0. The van der Waals surface area contributed by atoms with Crippen LogP contribution in [0.25, 0.3) is 22.3 Å². The summed E-state index contributed by atoms with van der Waals surface area (Å²) in [5.74, 6) is -0.720. The Bertz CT molecular complexity index is 1260. The summed E-state index contributed by atoms with van der Waals surface area (Å²) < 4.78 is 56.6. The van der Waals surface area contributed by atoms with Crippen molar-refractivity contribution in [3.63, 3.8) is 0 Å². The summed E-state index contributed by atoms with van der Waals surface area (Å²) >= 11 is 0. The largest absolute Gasteiger partial charge is 0.462 e. The molecule has 0 fully saturated rings. The summed E-state index contributed by atoms with van der Waals surface area (Å²) in [6.45, 7) is 6.55. The van der Waals surface area contributed by atoms with Gasteiger partial charge in [-0.2, -0.15) is 13.2 Å². The van der Waals surface area contributed by atoms with E-state index in [1.165, 1.54) is 30.3 Å². The van der Waals surface area contributed by atoms with Crippen molar-refractivity contribution in [3.05, 3.63) is 110 Å². The summed E-state index contributed by atoms with van der Waals surface area (Å²) in [6, 6.07) is 16.1. The minimum Gasteiger partial charge on any atom is -0.462 e. The smallest absolute Gasteiger partial charge is 0.417 e. The number of carbonyl (C=O) groups excluding carboxylic acids is 2. The fraction of sp³-hybridized carbons (Fsp3) is 0.0370. The molecule has 0 aliphatic heterocycles. The zero-order valence-electron chi connectivity index (χ0n) is 18.2. The average molecular weight is 480 g/mol. The van der Waals surface area contributed by atoms with Crippen molar-refractivity contribution in [2.24, 2.45) is 0 Å². The van der Waals surface area contributed by atoms with Crippen molar-refractivity contribution in [1.82, 2.24) is 0 Å². The summed E-state index contributed by atoms with van der Waals surface area (Å²) in [4.78, 5) is 22.2. The van der Waals surface area contributed by atoms with Crippen LogP contribution in [-0.2, 0) is 20.5 Å². The Morgan fingerprint density at radius 2 is 1.29 bits per heavy atom. The minimum atomic E-state index is -4.60. The first kappa shape index (κ1) is 25.0. The maximum atomic E-state index is 13.9. The molecular formula is C27H19F3O5. The predicted molar refractivity (Wildman–Crippen MR) is 124 cm³/mol. The van der Waals surface area contributed by atoms with Crippen LogP contribution in [-0.4, -0.2) is 11.9 Å². The van der Waals surface area contributed by atoms with Crippen LogP contribution >= 0.6 is 0 Å². The summed E-state index contributed by atoms with van der Waals surface area (Å²) in [6.07, 6.45) is -0.421. The normalized spacial score (nSPS) is 11.1. The third kappa shape index (κ3) is 6.70. The number of benzene rings is 3. The standard InChI is InChI=1S/C27H19F3O5/c1-3-25(31)34-16-15-33-21-10-5-18(6-11-21)20-9-14-23(24(17-20)27(28,29)30)19-7-12-22(13-8-19)35-26(32)4-2/h3-17H,1-2H2/b16-15-. The quantitative estimate of drug-likeness (QED) is 0.155. The maximum Gasteiger partial charge on any atom is 0.417 e. The van der Waals surface area contributed by atoms with Gasteiger partial charge in [-0.25, -0.2) is 9.59 Å². The van der Waals surface area contributed by atoms with E-state index in [0.717, 1.165) is 30.7 Å². The van der Waals surface area contributed by atoms with Gasteiger partial charge in [0, 0.05) is 12.2 Å². The number of alkyl halides is 3. The molecule has 0 unspecified atom stereocenters. The molecule has 0 radical (unpaired) electrons. The van der Waals surface area contributed by atoms with Gasteiger partial charge in [-0.1, -0.05) is 49.6 Å². The highest BCUT2D eigenvalue weighted by Crippen LogP contribution is 2.40. The van der Waals surface area contributed by atoms with Crippen molar-refractivity contribution in [2.75, 3.05) is 0 Å². The number of ether oxygens (including phenoxy) is 3. The van der Waals surface area contributed by atoms with Crippen LogP contribution in [0.15, 0.2) is 105 Å². The first-order chi connectivity index (χ1) is 16.7. The molecule has 0 aromatic heterocycles. The first-order valence-electron chi connectivity index (χ1n) is 10.1. The second-order valence-electron chi connectivity index (χ2n) is 6.96. The second-order valence-corrected chi connectivity index (χ2v) is 6.96. The van der Waals surface area contributed by atoms with Crippen LogP contribution in [0.2, 0.25) is 0 Å². The molecule has 3 rings (SSSR count). The molecule has 8 heteroatoms. The van der Waals surface area contributed by atoms with E-state index in [1.807, 2.05) is 0 Å². The van der Waals surface area contributed by atoms with Gasteiger partial charge in [0.1, 0.15) is 24.0 Å². The molecule has 0 saturated carbocycles. The molecular weight excluding hydrogens is 461 g/mol. The van der Waals surface area contributed by atoms with E-state index >= 15 is 0 Å². The Labute approximate surface area is 199 Å². The highest BCUT2D eigenvalue weighted by atomic mass is 19.4. The van der Waals surface area contributed by atoms with Gasteiger partial charge >= 0.3 is 18.1 Å². The molecule has 3 aromatic carbocycles. The zero-order valence-corrected chi connectivity index (χ0v) is 18.2. The number of halogens is 3. The first-order valence-corrected chi connectivity index (χ1v) is 10.1. The highest BCUT2D eigenvalue weighted by Gasteiger charge is 2.34. The Balaban J connectivity index is 1.84. The van der Waals surface area contributed by atoms with E-state index in [9.17, 15) is 22.8 Å². The molecule has 0 heterocycles. The van der Waals surface area contributed by atoms with E-state index in [0.29, 0.717) is 22.4 Å². The number of rotatable bonds is 8. The van der Waals surface area contributed by atoms with Crippen molar-refractivity contribution in [3.8, 4) is 33.8 Å². The maximum absolute atomic E-state index is 13.9. The molecule has 0 aliphatic rings. The van der Waals surface area contributed by atoms with Crippen LogP contribution in [0.1, 0.15) is 5.56 Å². The predicted octanol–water partition coefficient (Wildman–Crippen LogP) is 6.71. The Hall–Kier alpha value is -4.59. The molecule has 178 valence electrons. The summed E-state index contributed by atoms with van der Waals surface area (Å²) in [5, 5.41) is 0. The molecule has 0 N–H and O–H groups in total. The fourth-order valence-electron chi connectivity index (χ4n) is 3.05. The number of hydrogen-bond donors (Lipinski definition) is 0. The van der Waals surface area contributed by atoms with E-state index in [1.54, 1.807) is 30.3 Å². The molecule has 0 aliphatic carbocycles. The van der Waals surface area contributed by atoms with Gasteiger partial charge in [-0.05, 0) is 52.6 Å². The van der Waals surface area contributed by atoms with Crippen molar-refractivity contribution < 1.29 is 37.0 Å². The third-order valence-electron chi connectivity index (χ3n) is 4.67. The van der Waals surface area contributed by atoms with Crippen molar-refractivity contribution in [2.45, 2.75) is 6.18 Å². The van der Waals surface area contributed by atoms with Gasteiger partial charge in [0.2, 0.25) is 0 Å². The van der Waals surface area contributed by atoms with Gasteiger partial charge in [-0.15, -0.1) is 0 Å². The van der Waals surface area contributed by atoms with Gasteiger partial charge in [0.15, 0.2) is 0 Å². The Morgan fingerprint density at radius 1 is 0.714 bits per heavy atom. The van der Waals surface area contributed by atoms with Gasteiger partial charge in [-0.3, -0.25) is 0 Å². The molecule has 3 aromatic rings. The lowest BCUT2D eigenvalue weighted by atomic mass is 9.94. The van der Waals surface area contributed by atoms with Gasteiger partial charge in [0.25, 0.3) is 0 Å². The van der Waals surface area contributed by atoms with Gasteiger partial charge in [0.05, 0.1) is 5.56 Å². The molecule has 0 atom stereocenters. The SMILES string of the molecule is C=CC(=O)O/C=C\Oc1ccc(-c2ccc(-c3ccc(OC(=O)C=C)cc3)c(C(F)(F)F)c2)cc1. The molecule has 0 amide bonds. The summed E-state index contributed by atoms with van der Waals surface area (Å²) in [5.41, 5.74) is 0.401. The highest BCUT2D eigenvalue weighted by molar-refractivity contribution is 5.83.